The van der Waals surface area contributed by atoms with E-state index in [0.717, 1.165) is 11.3 Å². The zero-order valence-electron chi connectivity index (χ0n) is 17.5. The molecule has 2 aromatic heterocycles. The van der Waals surface area contributed by atoms with Crippen molar-refractivity contribution in [2.24, 2.45) is 11.1 Å². The van der Waals surface area contributed by atoms with Crippen LogP contribution in [0, 0.1) is 5.92 Å². The van der Waals surface area contributed by atoms with Crippen LogP contribution in [0.3, 0.4) is 0 Å². The highest BCUT2D eigenvalue weighted by molar-refractivity contribution is 7.84. The van der Waals surface area contributed by atoms with E-state index in [2.05, 4.69) is 24.6 Å². The van der Waals surface area contributed by atoms with Crippen LogP contribution in [0.1, 0.15) is 49.7 Å². The smallest absolute Gasteiger partial charge is 0.333 e. The predicted molar refractivity (Wildman–Crippen MR) is 113 cm³/mol. The Balaban J connectivity index is 1.74. The highest BCUT2D eigenvalue weighted by Crippen LogP contribution is 2.30. The van der Waals surface area contributed by atoms with E-state index in [4.69, 9.17) is 5.14 Å². The summed E-state index contributed by atoms with van der Waals surface area (Å²) < 4.78 is 28.2. The number of aromatic nitrogens is 4. The van der Waals surface area contributed by atoms with Crippen molar-refractivity contribution in [3.8, 4) is 0 Å². The van der Waals surface area contributed by atoms with Gasteiger partial charge < -0.3 is 10.4 Å². The van der Waals surface area contributed by atoms with Crippen LogP contribution >= 0.6 is 0 Å². The van der Waals surface area contributed by atoms with E-state index in [0.29, 0.717) is 18.7 Å². The maximum absolute atomic E-state index is 13.0. The van der Waals surface area contributed by atoms with E-state index in [1.165, 1.54) is 12.5 Å². The maximum atomic E-state index is 13.0. The Morgan fingerprint density at radius 2 is 2.10 bits per heavy atom. The number of aliphatic hydroxyl groups is 1. The number of hydrogen-bond donors (Lipinski definition) is 3. The second-order valence-electron chi connectivity index (χ2n) is 7.76. The lowest BCUT2D eigenvalue weighted by Crippen LogP contribution is -2.24. The van der Waals surface area contributed by atoms with Gasteiger partial charge in [-0.15, -0.1) is 0 Å². The quantitative estimate of drug-likeness (QED) is 0.497. The van der Waals surface area contributed by atoms with Gasteiger partial charge in [0.1, 0.15) is 17.8 Å². The third kappa shape index (κ3) is 5.73. The van der Waals surface area contributed by atoms with E-state index in [-0.39, 0.29) is 29.7 Å². The molecular weight excluding hydrogens is 424 g/mol. The standard InChI is InChI=1S/C19H26N6O5S/c1-11(2)12(3)25-5-4-16(24-25)18(27)15-8-21-10-22-19(15)23-14-6-13(17(26)7-14)9-30-31(20,28)29/h4-5,8,10,13-14,17,26H,6-7,9H2,1-3H3,(H2,20,28,29)(H,21,22,23)/t13-,14-,17+/m1/s1. The SMILES string of the molecule is CC(C)=C(C)n1ccc(C(=O)c2cncnc2N[C@@H]2C[C@H](COS(N)(=O)=O)[C@@H](O)C2)n1. The van der Waals surface area contributed by atoms with Gasteiger partial charge in [0.2, 0.25) is 5.78 Å². The molecule has 4 N–H and O–H groups in total. The summed E-state index contributed by atoms with van der Waals surface area (Å²) >= 11 is 0. The summed E-state index contributed by atoms with van der Waals surface area (Å²) in [6, 6.07) is 1.39. The average Bonchev–Trinajstić information content (AvgIpc) is 3.32. The lowest BCUT2D eigenvalue weighted by molar-refractivity contribution is 0.101. The molecule has 168 valence electrons. The molecular formula is C19H26N6O5S. The topological polar surface area (TPSA) is 162 Å². The van der Waals surface area contributed by atoms with Crippen molar-refractivity contribution in [1.29, 1.82) is 0 Å². The van der Waals surface area contributed by atoms with Gasteiger partial charge in [-0.1, -0.05) is 5.57 Å². The van der Waals surface area contributed by atoms with Crippen LogP contribution in [0.2, 0.25) is 0 Å². The Hall–Kier alpha value is -2.67. The van der Waals surface area contributed by atoms with Crippen LogP contribution < -0.4 is 10.5 Å². The molecule has 0 saturated heterocycles. The largest absolute Gasteiger partial charge is 0.393 e. The van der Waals surface area contributed by atoms with Gasteiger partial charge in [-0.25, -0.2) is 19.8 Å². The number of ketones is 1. The molecule has 12 heteroatoms. The zero-order valence-corrected chi connectivity index (χ0v) is 18.3. The fourth-order valence-corrected chi connectivity index (χ4v) is 3.75. The summed E-state index contributed by atoms with van der Waals surface area (Å²) in [5.41, 5.74) is 2.51. The summed E-state index contributed by atoms with van der Waals surface area (Å²) in [5, 5.41) is 22.6. The number of rotatable bonds is 8. The fraction of sp³-hybridized carbons (Fsp3) is 0.474. The molecule has 3 atom stereocenters. The highest BCUT2D eigenvalue weighted by atomic mass is 32.2. The zero-order chi connectivity index (χ0) is 22.8. The minimum atomic E-state index is -4.08. The molecule has 1 aliphatic carbocycles. The molecule has 0 amide bonds. The Morgan fingerprint density at radius 3 is 2.77 bits per heavy atom. The summed E-state index contributed by atoms with van der Waals surface area (Å²) in [7, 11) is -4.08. The van der Waals surface area contributed by atoms with Gasteiger partial charge in [0.15, 0.2) is 0 Å². The van der Waals surface area contributed by atoms with E-state index < -0.39 is 22.3 Å². The van der Waals surface area contributed by atoms with E-state index >= 15 is 0 Å². The number of aliphatic hydroxyl groups excluding tert-OH is 1. The molecule has 2 aromatic rings. The minimum absolute atomic E-state index is 0.213. The minimum Gasteiger partial charge on any atom is -0.393 e. The van der Waals surface area contributed by atoms with Crippen LogP contribution in [0.25, 0.3) is 5.70 Å². The molecule has 0 radical (unpaired) electrons. The molecule has 0 bridgehead atoms. The lowest BCUT2D eigenvalue weighted by Gasteiger charge is -2.15. The first kappa shape index (κ1) is 23.0. The maximum Gasteiger partial charge on any atom is 0.333 e. The number of allylic oxidation sites excluding steroid dienone is 2. The molecule has 2 heterocycles. The molecule has 3 rings (SSSR count). The van der Waals surface area contributed by atoms with Crippen molar-refractivity contribution in [3.05, 3.63) is 41.6 Å². The van der Waals surface area contributed by atoms with Crippen LogP contribution in [-0.4, -0.2) is 57.8 Å². The second kappa shape index (κ2) is 9.22. The molecule has 0 aromatic carbocycles. The first-order chi connectivity index (χ1) is 14.5. The monoisotopic (exact) mass is 450 g/mol. The molecule has 0 spiro atoms. The van der Waals surface area contributed by atoms with Crippen molar-refractivity contribution in [1.82, 2.24) is 19.7 Å². The average molecular weight is 451 g/mol. The number of carbonyl (C=O) groups excluding carboxylic acids is 1. The van der Waals surface area contributed by atoms with E-state index in [9.17, 15) is 18.3 Å². The van der Waals surface area contributed by atoms with Crippen molar-refractivity contribution in [2.45, 2.75) is 45.8 Å². The van der Waals surface area contributed by atoms with Gasteiger partial charge in [0.05, 0.1) is 18.3 Å². The lowest BCUT2D eigenvalue weighted by atomic mass is 10.1. The predicted octanol–water partition coefficient (Wildman–Crippen LogP) is 0.946. The van der Waals surface area contributed by atoms with Crippen molar-refractivity contribution < 1.29 is 22.5 Å². The number of anilines is 1. The van der Waals surface area contributed by atoms with E-state index in [1.807, 2.05) is 20.8 Å². The molecule has 0 unspecified atom stereocenters. The van der Waals surface area contributed by atoms with Gasteiger partial charge in [-0.05, 0) is 39.7 Å². The van der Waals surface area contributed by atoms with Gasteiger partial charge in [-0.3, -0.25) is 8.98 Å². The van der Waals surface area contributed by atoms with Gasteiger partial charge in [0, 0.05) is 30.1 Å². The molecule has 0 aliphatic heterocycles. The molecule has 1 aliphatic rings. The molecule has 1 saturated carbocycles. The Bertz CT molecular complexity index is 1090. The normalized spacial score (nSPS) is 21.1. The van der Waals surface area contributed by atoms with Crippen LogP contribution in [-0.2, 0) is 14.5 Å². The second-order valence-corrected chi connectivity index (χ2v) is 8.98. The van der Waals surface area contributed by atoms with Crippen LogP contribution in [0.15, 0.2) is 30.4 Å². The number of nitrogens with two attached hydrogens (primary N) is 1. The highest BCUT2D eigenvalue weighted by Gasteiger charge is 2.34. The number of carbonyl (C=O) groups is 1. The van der Waals surface area contributed by atoms with Crippen LogP contribution in [0.4, 0.5) is 5.82 Å². The number of nitrogens with one attached hydrogen (secondary N) is 1. The van der Waals surface area contributed by atoms with Crippen molar-refractivity contribution in [2.75, 3.05) is 11.9 Å². The van der Waals surface area contributed by atoms with Crippen LogP contribution in [0.5, 0.6) is 0 Å². The van der Waals surface area contributed by atoms with Crippen molar-refractivity contribution >= 4 is 27.6 Å². The number of hydrogen-bond acceptors (Lipinski definition) is 9. The first-order valence-electron chi connectivity index (χ1n) is 9.71. The fourth-order valence-electron chi connectivity index (χ4n) is 3.38. The summed E-state index contributed by atoms with van der Waals surface area (Å²) in [4.78, 5) is 21.2. The Kier molecular flexibility index (Phi) is 6.84. The first-order valence-corrected chi connectivity index (χ1v) is 11.2. The molecule has 1 fully saturated rings. The van der Waals surface area contributed by atoms with Crippen molar-refractivity contribution in [3.63, 3.8) is 0 Å². The number of nitrogens with zero attached hydrogens (tertiary/aromatic N) is 4. The molecule has 31 heavy (non-hydrogen) atoms. The van der Waals surface area contributed by atoms with E-state index in [1.54, 1.807) is 16.9 Å². The summed E-state index contributed by atoms with van der Waals surface area (Å²) in [5.74, 6) is -0.436. The third-order valence-corrected chi connectivity index (χ3v) is 5.76. The van der Waals surface area contributed by atoms with Gasteiger partial charge in [-0.2, -0.15) is 13.5 Å². The summed E-state index contributed by atoms with van der Waals surface area (Å²) in [6.07, 6.45) is 4.43. The molecule has 11 nitrogen and oxygen atoms in total. The van der Waals surface area contributed by atoms with Gasteiger partial charge >= 0.3 is 10.3 Å². The van der Waals surface area contributed by atoms with Gasteiger partial charge in [0.25, 0.3) is 0 Å². The summed E-state index contributed by atoms with van der Waals surface area (Å²) in [6.45, 7) is 5.62. The Labute approximate surface area is 180 Å². The third-order valence-electron chi connectivity index (χ3n) is 5.29. The Morgan fingerprint density at radius 1 is 1.35 bits per heavy atom.